The second-order valence-corrected chi connectivity index (χ2v) is 6.21. The summed E-state index contributed by atoms with van der Waals surface area (Å²) >= 11 is 5.50. The molecule has 0 aliphatic carbocycles. The van der Waals surface area contributed by atoms with Gasteiger partial charge in [0.15, 0.2) is 11.5 Å². The van der Waals surface area contributed by atoms with Crippen molar-refractivity contribution in [1.29, 1.82) is 0 Å². The second kappa shape index (κ2) is 6.86. The number of rotatable bonds is 7. The number of sulfonamides is 1. The second-order valence-electron chi connectivity index (χ2n) is 3.99. The van der Waals surface area contributed by atoms with E-state index in [-0.39, 0.29) is 5.75 Å². The number of methoxy groups -OCH3 is 2. The van der Waals surface area contributed by atoms with Gasteiger partial charge in [-0.2, -0.15) is 0 Å². The molecule has 5 nitrogen and oxygen atoms in total. The lowest BCUT2D eigenvalue weighted by molar-refractivity contribution is 0.355. The molecule has 0 unspecified atom stereocenters. The van der Waals surface area contributed by atoms with Crippen molar-refractivity contribution in [2.24, 2.45) is 0 Å². The molecule has 0 aliphatic rings. The Kier molecular flexibility index (Phi) is 5.75. The first kappa shape index (κ1) is 15.9. The van der Waals surface area contributed by atoms with E-state index in [0.717, 1.165) is 5.56 Å². The van der Waals surface area contributed by atoms with Gasteiger partial charge in [0.25, 0.3) is 0 Å². The minimum atomic E-state index is -3.39. The maximum absolute atomic E-state index is 11.8. The largest absolute Gasteiger partial charge is 0.493 e. The number of hydrogen-bond acceptors (Lipinski definition) is 4. The molecular formula is C12H18ClNO4S. The molecule has 0 saturated carbocycles. The third kappa shape index (κ3) is 4.47. The quantitative estimate of drug-likeness (QED) is 0.786. The summed E-state index contributed by atoms with van der Waals surface area (Å²) in [5.74, 6) is 1.34. The maximum Gasteiger partial charge on any atom is 0.232 e. The normalized spacial score (nSPS) is 11.2. The third-order valence-electron chi connectivity index (χ3n) is 2.54. The molecule has 1 aromatic carbocycles. The molecule has 0 saturated heterocycles. The fourth-order valence-corrected chi connectivity index (χ4v) is 3.03. The Morgan fingerprint density at radius 2 is 1.79 bits per heavy atom. The molecule has 0 bridgehead atoms. The van der Waals surface area contributed by atoms with Crippen molar-refractivity contribution in [2.75, 3.05) is 30.6 Å². The van der Waals surface area contributed by atoms with Gasteiger partial charge >= 0.3 is 0 Å². The van der Waals surface area contributed by atoms with E-state index in [0.29, 0.717) is 29.5 Å². The smallest absolute Gasteiger partial charge is 0.232 e. The Morgan fingerprint density at radius 1 is 1.21 bits per heavy atom. The van der Waals surface area contributed by atoms with Crippen LogP contribution in [0.15, 0.2) is 12.1 Å². The van der Waals surface area contributed by atoms with Crippen molar-refractivity contribution in [2.45, 2.75) is 13.3 Å². The fourth-order valence-electron chi connectivity index (χ4n) is 1.55. The Hall–Kier alpha value is -1.14. The van der Waals surface area contributed by atoms with Crippen LogP contribution in [-0.2, 0) is 10.0 Å². The highest BCUT2D eigenvalue weighted by atomic mass is 35.5. The molecule has 1 rings (SSSR count). The van der Waals surface area contributed by atoms with Gasteiger partial charge in [-0.05, 0) is 25.0 Å². The summed E-state index contributed by atoms with van der Waals surface area (Å²) < 4.78 is 36.5. The number of hydrogen-bond donors (Lipinski definition) is 1. The summed E-state index contributed by atoms with van der Waals surface area (Å²) in [6, 6.07) is 3.32. The van der Waals surface area contributed by atoms with Crippen LogP contribution in [0.25, 0.3) is 0 Å². The van der Waals surface area contributed by atoms with Gasteiger partial charge in [-0.15, -0.1) is 11.6 Å². The van der Waals surface area contributed by atoms with Gasteiger partial charge < -0.3 is 9.47 Å². The van der Waals surface area contributed by atoms with E-state index in [1.165, 1.54) is 14.2 Å². The first-order valence-electron chi connectivity index (χ1n) is 5.72. The van der Waals surface area contributed by atoms with Crippen LogP contribution >= 0.6 is 11.6 Å². The summed E-state index contributed by atoms with van der Waals surface area (Å²) in [6.07, 6.45) is 0.406. The molecule has 0 amide bonds. The average molecular weight is 308 g/mol. The Balaban J connectivity index is 3.01. The molecular weight excluding hydrogens is 290 g/mol. The number of benzene rings is 1. The van der Waals surface area contributed by atoms with Gasteiger partial charge in [-0.1, -0.05) is 0 Å². The molecule has 1 N–H and O–H groups in total. The monoisotopic (exact) mass is 307 g/mol. The number of halogens is 1. The molecule has 0 radical (unpaired) electrons. The molecule has 0 aromatic heterocycles. The predicted octanol–water partition coefficient (Wildman–Crippen LogP) is 2.38. The predicted molar refractivity (Wildman–Crippen MR) is 77.0 cm³/mol. The lowest BCUT2D eigenvalue weighted by Gasteiger charge is -2.14. The highest BCUT2D eigenvalue weighted by Gasteiger charge is 2.14. The summed E-state index contributed by atoms with van der Waals surface area (Å²) in [5, 5.41) is 0. The lowest BCUT2D eigenvalue weighted by Crippen LogP contribution is -2.17. The topological polar surface area (TPSA) is 64.6 Å². The highest BCUT2D eigenvalue weighted by molar-refractivity contribution is 7.92. The lowest BCUT2D eigenvalue weighted by atomic mass is 10.2. The van der Waals surface area contributed by atoms with Gasteiger partial charge in [0, 0.05) is 11.9 Å². The van der Waals surface area contributed by atoms with Crippen LogP contribution in [0.5, 0.6) is 11.5 Å². The third-order valence-corrected chi connectivity index (χ3v) is 4.17. The Bertz CT molecular complexity index is 531. The van der Waals surface area contributed by atoms with Crippen LogP contribution in [0.4, 0.5) is 5.69 Å². The maximum atomic E-state index is 11.8. The van der Waals surface area contributed by atoms with E-state index in [2.05, 4.69) is 4.72 Å². The van der Waals surface area contributed by atoms with Gasteiger partial charge in [0.1, 0.15) is 0 Å². The van der Waals surface area contributed by atoms with Crippen molar-refractivity contribution in [1.82, 2.24) is 0 Å². The number of aryl methyl sites for hydroxylation is 1. The number of nitrogens with one attached hydrogen (secondary N) is 1. The van der Waals surface area contributed by atoms with Crippen LogP contribution in [0.2, 0.25) is 0 Å². The average Bonchev–Trinajstić information content (AvgIpc) is 2.38. The Morgan fingerprint density at radius 3 is 2.32 bits per heavy atom. The van der Waals surface area contributed by atoms with Crippen molar-refractivity contribution < 1.29 is 17.9 Å². The number of alkyl halides is 1. The summed E-state index contributed by atoms with van der Waals surface area (Å²) in [7, 11) is -0.366. The van der Waals surface area contributed by atoms with Crippen molar-refractivity contribution in [3.63, 3.8) is 0 Å². The molecule has 7 heteroatoms. The molecule has 0 spiro atoms. The first-order chi connectivity index (χ1) is 8.93. The van der Waals surface area contributed by atoms with Crippen LogP contribution in [0, 0.1) is 6.92 Å². The van der Waals surface area contributed by atoms with E-state index >= 15 is 0 Å². The van der Waals surface area contributed by atoms with Crippen LogP contribution in [-0.4, -0.2) is 34.3 Å². The van der Waals surface area contributed by atoms with Gasteiger partial charge in [0.05, 0.1) is 25.7 Å². The van der Waals surface area contributed by atoms with Gasteiger partial charge in [0.2, 0.25) is 10.0 Å². The van der Waals surface area contributed by atoms with Gasteiger partial charge in [-0.25, -0.2) is 8.42 Å². The summed E-state index contributed by atoms with van der Waals surface area (Å²) in [4.78, 5) is 0. The standard InChI is InChI=1S/C12H18ClNO4S/c1-9-7-11(17-2)12(18-3)8-10(9)14-19(15,16)6-4-5-13/h7-8,14H,4-6H2,1-3H3. The highest BCUT2D eigenvalue weighted by Crippen LogP contribution is 2.33. The van der Waals surface area contributed by atoms with Crippen molar-refractivity contribution in [3.05, 3.63) is 17.7 Å². The molecule has 19 heavy (non-hydrogen) atoms. The van der Waals surface area contributed by atoms with E-state index in [1.807, 2.05) is 0 Å². The van der Waals surface area contributed by atoms with Gasteiger partial charge in [-0.3, -0.25) is 4.72 Å². The molecule has 1 aromatic rings. The van der Waals surface area contributed by atoms with Crippen LogP contribution in [0.3, 0.4) is 0 Å². The fraction of sp³-hybridized carbons (Fsp3) is 0.500. The van der Waals surface area contributed by atoms with Crippen LogP contribution in [0.1, 0.15) is 12.0 Å². The molecule has 0 aliphatic heterocycles. The minimum Gasteiger partial charge on any atom is -0.493 e. The zero-order chi connectivity index (χ0) is 14.5. The summed E-state index contributed by atoms with van der Waals surface area (Å²) in [5.41, 5.74) is 1.24. The number of anilines is 1. The zero-order valence-corrected chi connectivity index (χ0v) is 12.8. The first-order valence-corrected chi connectivity index (χ1v) is 7.91. The minimum absolute atomic E-state index is 0.00964. The zero-order valence-electron chi connectivity index (χ0n) is 11.2. The molecule has 0 heterocycles. The molecule has 0 fully saturated rings. The van der Waals surface area contributed by atoms with E-state index in [1.54, 1.807) is 19.1 Å². The molecule has 0 atom stereocenters. The van der Waals surface area contributed by atoms with E-state index in [9.17, 15) is 8.42 Å². The summed E-state index contributed by atoms with van der Waals surface area (Å²) in [6.45, 7) is 1.79. The Labute approximate surface area is 118 Å². The van der Waals surface area contributed by atoms with Crippen molar-refractivity contribution >= 4 is 27.3 Å². The van der Waals surface area contributed by atoms with E-state index in [4.69, 9.17) is 21.1 Å². The SMILES string of the molecule is COc1cc(C)c(NS(=O)(=O)CCCCl)cc1OC. The molecule has 108 valence electrons. The van der Waals surface area contributed by atoms with Crippen molar-refractivity contribution in [3.8, 4) is 11.5 Å². The van der Waals surface area contributed by atoms with E-state index < -0.39 is 10.0 Å². The van der Waals surface area contributed by atoms with Crippen LogP contribution < -0.4 is 14.2 Å². The number of ether oxygens (including phenoxy) is 2.